The summed E-state index contributed by atoms with van der Waals surface area (Å²) in [6.07, 6.45) is 2.59. The first-order valence-electron chi connectivity index (χ1n) is 7.09. The second-order valence-electron chi connectivity index (χ2n) is 6.57. The Morgan fingerprint density at radius 1 is 1.50 bits per heavy atom. The number of likely N-dealkylation sites (N-methyl/N-ethyl adjacent to an activating group) is 1. The van der Waals surface area contributed by atoms with Crippen molar-refractivity contribution in [2.24, 2.45) is 5.92 Å². The molecule has 0 saturated carbocycles. The van der Waals surface area contributed by atoms with E-state index in [0.717, 1.165) is 0 Å². The maximum absolute atomic E-state index is 10.3. The van der Waals surface area contributed by atoms with Crippen molar-refractivity contribution in [1.82, 2.24) is 15.1 Å². The quantitative estimate of drug-likeness (QED) is 0.732. The molecule has 1 fully saturated rings. The highest BCUT2D eigenvalue weighted by molar-refractivity contribution is 4.84. The molecule has 0 aromatic heterocycles. The summed E-state index contributed by atoms with van der Waals surface area (Å²) in [6.45, 7) is 7.89. The summed E-state index contributed by atoms with van der Waals surface area (Å²) in [5.74, 6) is 0.707. The molecule has 0 aromatic carbocycles. The minimum absolute atomic E-state index is 0.474. The van der Waals surface area contributed by atoms with E-state index in [2.05, 4.69) is 24.2 Å². The molecule has 0 bridgehead atoms. The van der Waals surface area contributed by atoms with Crippen molar-refractivity contribution in [2.75, 3.05) is 47.3 Å². The van der Waals surface area contributed by atoms with E-state index in [0.29, 0.717) is 25.0 Å². The molecule has 1 saturated heterocycles. The van der Waals surface area contributed by atoms with Gasteiger partial charge in [-0.2, -0.15) is 0 Å². The minimum Gasteiger partial charge on any atom is -0.388 e. The third-order valence-corrected chi connectivity index (χ3v) is 3.83. The molecule has 1 aliphatic rings. The summed E-state index contributed by atoms with van der Waals surface area (Å²) in [6, 6.07) is 0.474. The Morgan fingerprint density at radius 2 is 2.17 bits per heavy atom. The van der Waals surface area contributed by atoms with Crippen molar-refractivity contribution in [3.05, 3.63) is 0 Å². The van der Waals surface area contributed by atoms with Crippen molar-refractivity contribution in [1.29, 1.82) is 0 Å². The Labute approximate surface area is 112 Å². The van der Waals surface area contributed by atoms with E-state index in [1.165, 1.54) is 25.9 Å². The SMILES string of the molecule is CC(NCC(C)(O)CN(C)C)C1CCCN(C)C1. The molecule has 3 unspecified atom stereocenters. The number of hydrogen-bond donors (Lipinski definition) is 2. The summed E-state index contributed by atoms with van der Waals surface area (Å²) < 4.78 is 0. The van der Waals surface area contributed by atoms with Gasteiger partial charge < -0.3 is 20.2 Å². The lowest BCUT2D eigenvalue weighted by Gasteiger charge is -2.36. The summed E-state index contributed by atoms with van der Waals surface area (Å²) in [5.41, 5.74) is -0.654. The highest BCUT2D eigenvalue weighted by Gasteiger charge is 2.26. The molecule has 1 rings (SSSR count). The van der Waals surface area contributed by atoms with Crippen molar-refractivity contribution in [2.45, 2.75) is 38.3 Å². The Bertz CT molecular complexity index is 243. The number of nitrogens with zero attached hydrogens (tertiary/aromatic N) is 2. The van der Waals surface area contributed by atoms with E-state index < -0.39 is 5.60 Å². The second kappa shape index (κ2) is 6.85. The predicted molar refractivity (Wildman–Crippen MR) is 76.9 cm³/mol. The summed E-state index contributed by atoms with van der Waals surface area (Å²) in [4.78, 5) is 4.44. The molecule has 3 atom stereocenters. The zero-order valence-corrected chi connectivity index (χ0v) is 12.7. The fourth-order valence-electron chi connectivity index (χ4n) is 2.90. The van der Waals surface area contributed by atoms with E-state index in [1.807, 2.05) is 25.9 Å². The van der Waals surface area contributed by atoms with Gasteiger partial charge in [0.25, 0.3) is 0 Å². The first kappa shape index (κ1) is 15.9. The molecule has 0 aromatic rings. The lowest BCUT2D eigenvalue weighted by atomic mass is 9.91. The van der Waals surface area contributed by atoms with Gasteiger partial charge in [-0.1, -0.05) is 0 Å². The monoisotopic (exact) mass is 257 g/mol. The van der Waals surface area contributed by atoms with Crippen LogP contribution in [-0.2, 0) is 0 Å². The van der Waals surface area contributed by atoms with E-state index >= 15 is 0 Å². The van der Waals surface area contributed by atoms with Crippen molar-refractivity contribution in [3.8, 4) is 0 Å². The number of aliphatic hydroxyl groups is 1. The molecule has 0 amide bonds. The van der Waals surface area contributed by atoms with Gasteiger partial charge in [-0.15, -0.1) is 0 Å². The number of hydrogen-bond acceptors (Lipinski definition) is 4. The number of piperidine rings is 1. The van der Waals surface area contributed by atoms with Crippen molar-refractivity contribution in [3.63, 3.8) is 0 Å². The first-order valence-corrected chi connectivity index (χ1v) is 7.09. The van der Waals surface area contributed by atoms with Crippen LogP contribution >= 0.6 is 0 Å². The number of nitrogens with one attached hydrogen (secondary N) is 1. The lowest BCUT2D eigenvalue weighted by molar-refractivity contribution is 0.0283. The predicted octanol–water partition coefficient (Wildman–Crippen LogP) is 0.619. The van der Waals surface area contributed by atoms with Crippen LogP contribution in [0.3, 0.4) is 0 Å². The molecule has 4 nitrogen and oxygen atoms in total. The Hall–Kier alpha value is -0.160. The maximum atomic E-state index is 10.3. The molecule has 0 radical (unpaired) electrons. The number of rotatable bonds is 6. The average Bonchev–Trinajstić information content (AvgIpc) is 2.24. The van der Waals surface area contributed by atoms with Gasteiger partial charge in [-0.3, -0.25) is 0 Å². The van der Waals surface area contributed by atoms with Crippen LogP contribution in [0.5, 0.6) is 0 Å². The highest BCUT2D eigenvalue weighted by atomic mass is 16.3. The standard InChI is InChI=1S/C14H31N3O/c1-12(13-7-6-8-17(5)9-13)15-10-14(2,18)11-16(3)4/h12-13,15,18H,6-11H2,1-5H3. The van der Waals surface area contributed by atoms with Crippen LogP contribution in [0.25, 0.3) is 0 Å². The van der Waals surface area contributed by atoms with Gasteiger partial charge in [0.1, 0.15) is 0 Å². The van der Waals surface area contributed by atoms with Gasteiger partial charge in [-0.25, -0.2) is 0 Å². The topological polar surface area (TPSA) is 38.7 Å². The van der Waals surface area contributed by atoms with E-state index in [-0.39, 0.29) is 0 Å². The largest absolute Gasteiger partial charge is 0.388 e. The molecular formula is C14H31N3O. The normalized spacial score (nSPS) is 27.2. The molecule has 108 valence electrons. The molecule has 0 aliphatic carbocycles. The van der Waals surface area contributed by atoms with Crippen LogP contribution < -0.4 is 5.32 Å². The second-order valence-corrected chi connectivity index (χ2v) is 6.57. The molecule has 18 heavy (non-hydrogen) atoms. The summed E-state index contributed by atoms with van der Waals surface area (Å²) in [5, 5.41) is 13.8. The Balaban J connectivity index is 2.33. The molecular weight excluding hydrogens is 226 g/mol. The Morgan fingerprint density at radius 3 is 2.72 bits per heavy atom. The van der Waals surface area contributed by atoms with Gasteiger partial charge in [0.15, 0.2) is 0 Å². The summed E-state index contributed by atoms with van der Waals surface area (Å²) in [7, 11) is 6.18. The number of likely N-dealkylation sites (tertiary alicyclic amines) is 1. The third kappa shape index (κ3) is 5.65. The summed E-state index contributed by atoms with van der Waals surface area (Å²) >= 11 is 0. The zero-order valence-electron chi connectivity index (χ0n) is 12.7. The Kier molecular flexibility index (Phi) is 6.05. The smallest absolute Gasteiger partial charge is 0.0869 e. The lowest BCUT2D eigenvalue weighted by Crippen LogP contribution is -2.51. The molecule has 0 spiro atoms. The minimum atomic E-state index is -0.654. The van der Waals surface area contributed by atoms with Crippen LogP contribution in [0.2, 0.25) is 0 Å². The van der Waals surface area contributed by atoms with E-state index in [9.17, 15) is 5.11 Å². The molecule has 1 aliphatic heterocycles. The fraction of sp³-hybridized carbons (Fsp3) is 1.00. The van der Waals surface area contributed by atoms with Gasteiger partial charge >= 0.3 is 0 Å². The molecule has 4 heteroatoms. The maximum Gasteiger partial charge on any atom is 0.0869 e. The molecule has 2 N–H and O–H groups in total. The van der Waals surface area contributed by atoms with Crippen molar-refractivity contribution < 1.29 is 5.11 Å². The fourth-order valence-corrected chi connectivity index (χ4v) is 2.90. The van der Waals surface area contributed by atoms with Crippen LogP contribution in [-0.4, -0.2) is 73.9 Å². The average molecular weight is 257 g/mol. The van der Waals surface area contributed by atoms with Crippen LogP contribution in [0.15, 0.2) is 0 Å². The van der Waals surface area contributed by atoms with Crippen LogP contribution in [0.1, 0.15) is 26.7 Å². The molecule has 1 heterocycles. The van der Waals surface area contributed by atoms with Gasteiger partial charge in [-0.05, 0) is 60.3 Å². The third-order valence-electron chi connectivity index (χ3n) is 3.83. The van der Waals surface area contributed by atoms with Gasteiger partial charge in [0.2, 0.25) is 0 Å². The first-order chi connectivity index (χ1) is 8.30. The van der Waals surface area contributed by atoms with Gasteiger partial charge in [0, 0.05) is 25.7 Å². The van der Waals surface area contributed by atoms with E-state index in [4.69, 9.17) is 0 Å². The zero-order chi connectivity index (χ0) is 13.8. The van der Waals surface area contributed by atoms with Crippen LogP contribution in [0.4, 0.5) is 0 Å². The van der Waals surface area contributed by atoms with Crippen molar-refractivity contribution >= 4 is 0 Å². The highest BCUT2D eigenvalue weighted by Crippen LogP contribution is 2.18. The van der Waals surface area contributed by atoms with E-state index in [1.54, 1.807) is 0 Å². The van der Waals surface area contributed by atoms with Gasteiger partial charge in [0.05, 0.1) is 5.60 Å². The van der Waals surface area contributed by atoms with Crippen LogP contribution in [0, 0.1) is 5.92 Å².